The molecule has 0 spiro atoms. The van der Waals surface area contributed by atoms with Gasteiger partial charge >= 0.3 is 0 Å². The summed E-state index contributed by atoms with van der Waals surface area (Å²) in [4.78, 5) is 3.26. The minimum absolute atomic E-state index is 0.813. The molecule has 0 amide bonds. The van der Waals surface area contributed by atoms with Crippen LogP contribution in [-0.4, -0.2) is 47.5 Å². The Labute approximate surface area is 156 Å². The van der Waals surface area contributed by atoms with Gasteiger partial charge in [0, 0.05) is 5.56 Å². The van der Waals surface area contributed by atoms with Crippen LogP contribution >= 0.6 is 0 Å². The van der Waals surface area contributed by atoms with E-state index >= 15 is 0 Å². The Hall–Kier alpha value is -2.24. The first-order chi connectivity index (χ1) is 12.7. The third kappa shape index (κ3) is 4.48. The van der Waals surface area contributed by atoms with Gasteiger partial charge in [0.2, 0.25) is 0 Å². The third-order valence-corrected chi connectivity index (χ3v) is 5.20. The lowest BCUT2D eigenvalue weighted by atomic mass is 10.1. The van der Waals surface area contributed by atoms with Crippen LogP contribution in [0.4, 0.5) is 0 Å². The van der Waals surface area contributed by atoms with E-state index in [9.17, 15) is 0 Å². The summed E-state index contributed by atoms with van der Waals surface area (Å²) in [7, 11) is 5.11. The fourth-order valence-corrected chi connectivity index (χ4v) is 3.70. The monoisotopic (exact) mass is 358 g/mol. The van der Waals surface area contributed by atoms with Gasteiger partial charge in [-0.1, -0.05) is 6.07 Å². The molecule has 0 unspecified atom stereocenters. The Morgan fingerprint density at radius 2 is 1.38 bits per heavy atom. The summed E-state index contributed by atoms with van der Waals surface area (Å²) in [5.74, 6) is 2.61. The molecule has 0 bridgehead atoms. The highest BCUT2D eigenvalue weighted by atomic mass is 16.5. The average molecular weight is 358 g/mol. The molecule has 0 aliphatic carbocycles. The second-order valence-corrected chi connectivity index (χ2v) is 6.85. The van der Waals surface area contributed by atoms with Gasteiger partial charge in [-0.2, -0.15) is 0 Å². The predicted octanol–water partition coefficient (Wildman–Crippen LogP) is 0.196. The average Bonchev–Trinajstić information content (AvgIpc) is 2.69. The van der Waals surface area contributed by atoms with Crippen molar-refractivity contribution in [2.45, 2.75) is 13.1 Å². The zero-order valence-corrected chi connectivity index (χ0v) is 16.0. The van der Waals surface area contributed by atoms with E-state index in [-0.39, 0.29) is 0 Å². The highest BCUT2D eigenvalue weighted by Gasteiger charge is 2.24. The molecule has 5 heteroatoms. The fraction of sp³-hybridized carbons (Fsp3) is 0.429. The van der Waals surface area contributed by atoms with E-state index in [0.717, 1.165) is 30.3 Å². The van der Waals surface area contributed by atoms with E-state index in [1.807, 2.05) is 24.3 Å². The molecule has 2 aromatic rings. The van der Waals surface area contributed by atoms with Crippen molar-refractivity contribution < 1.29 is 24.0 Å². The highest BCUT2D eigenvalue weighted by molar-refractivity contribution is 5.46. The maximum atomic E-state index is 5.57. The molecular formula is C21H30N2O3+2. The van der Waals surface area contributed by atoms with Gasteiger partial charge in [0.1, 0.15) is 45.0 Å². The molecular weight excluding hydrogens is 328 g/mol. The molecule has 2 aromatic carbocycles. The van der Waals surface area contributed by atoms with Crippen LogP contribution in [0.25, 0.3) is 0 Å². The lowest BCUT2D eigenvalue weighted by molar-refractivity contribution is -1.02. The molecule has 1 saturated heterocycles. The number of piperazine rings is 1. The number of hydrogen-bond donors (Lipinski definition) is 2. The van der Waals surface area contributed by atoms with Gasteiger partial charge in [-0.25, -0.2) is 0 Å². The smallest absolute Gasteiger partial charge is 0.169 e. The Kier molecular flexibility index (Phi) is 6.36. The summed E-state index contributed by atoms with van der Waals surface area (Å²) < 4.78 is 16.2. The van der Waals surface area contributed by atoms with E-state index in [1.54, 1.807) is 31.1 Å². The van der Waals surface area contributed by atoms with Crippen molar-refractivity contribution in [1.82, 2.24) is 0 Å². The quantitative estimate of drug-likeness (QED) is 0.742. The maximum absolute atomic E-state index is 5.57. The van der Waals surface area contributed by atoms with Crippen LogP contribution in [0.3, 0.4) is 0 Å². The first-order valence-electron chi connectivity index (χ1n) is 9.23. The van der Waals surface area contributed by atoms with Crippen LogP contribution in [0.5, 0.6) is 17.2 Å². The Morgan fingerprint density at radius 3 is 1.96 bits per heavy atom. The number of methoxy groups -OCH3 is 3. The van der Waals surface area contributed by atoms with Crippen molar-refractivity contribution in [2.75, 3.05) is 47.5 Å². The first kappa shape index (κ1) is 18.5. The molecule has 1 aliphatic rings. The number of nitrogens with one attached hydrogen (secondary N) is 2. The van der Waals surface area contributed by atoms with Crippen molar-refractivity contribution in [1.29, 1.82) is 0 Å². The van der Waals surface area contributed by atoms with E-state index in [2.05, 4.69) is 18.2 Å². The summed E-state index contributed by atoms with van der Waals surface area (Å²) in [5.41, 5.74) is 2.60. The standard InChI is InChI=1S/C21H28N2O3/c1-24-19-9-7-17(8-10-19)15-22-11-13-23(14-12-22)16-18-5-4-6-20(25-2)21(18)26-3/h4-10H,11-16H2,1-3H3/p+2. The van der Waals surface area contributed by atoms with Crippen LogP contribution in [-0.2, 0) is 13.1 Å². The SMILES string of the molecule is COc1ccc(C[NH+]2CC[NH+](Cc3cccc(OC)c3OC)CC2)cc1. The van der Waals surface area contributed by atoms with Crippen LogP contribution in [0, 0.1) is 0 Å². The van der Waals surface area contributed by atoms with E-state index in [0.29, 0.717) is 0 Å². The number of hydrogen-bond acceptors (Lipinski definition) is 3. The number of benzene rings is 2. The van der Waals surface area contributed by atoms with E-state index in [4.69, 9.17) is 14.2 Å². The van der Waals surface area contributed by atoms with Gasteiger partial charge in [0.25, 0.3) is 0 Å². The van der Waals surface area contributed by atoms with Crippen LogP contribution in [0.15, 0.2) is 42.5 Å². The van der Waals surface area contributed by atoms with Crippen molar-refractivity contribution in [3.63, 3.8) is 0 Å². The summed E-state index contributed by atoms with van der Waals surface area (Å²) >= 11 is 0. The molecule has 140 valence electrons. The van der Waals surface area contributed by atoms with Crippen molar-refractivity contribution in [3.05, 3.63) is 53.6 Å². The Balaban J connectivity index is 1.54. The maximum Gasteiger partial charge on any atom is 0.169 e. The fourth-order valence-electron chi connectivity index (χ4n) is 3.70. The zero-order chi connectivity index (χ0) is 18.4. The summed E-state index contributed by atoms with van der Waals surface area (Å²) in [6.07, 6.45) is 0. The topological polar surface area (TPSA) is 36.6 Å². The van der Waals surface area contributed by atoms with Gasteiger partial charge in [-0.3, -0.25) is 0 Å². The van der Waals surface area contributed by atoms with Gasteiger partial charge < -0.3 is 24.0 Å². The molecule has 1 aliphatic heterocycles. The molecule has 0 aromatic heterocycles. The van der Waals surface area contributed by atoms with Crippen LogP contribution in [0.2, 0.25) is 0 Å². The van der Waals surface area contributed by atoms with Gasteiger partial charge in [0.15, 0.2) is 11.5 Å². The van der Waals surface area contributed by atoms with Crippen molar-refractivity contribution in [2.24, 2.45) is 0 Å². The van der Waals surface area contributed by atoms with Crippen LogP contribution in [0.1, 0.15) is 11.1 Å². The number of para-hydroxylation sites is 1. The first-order valence-corrected chi connectivity index (χ1v) is 9.23. The largest absolute Gasteiger partial charge is 0.497 e. The summed E-state index contributed by atoms with van der Waals surface area (Å²) in [6, 6.07) is 14.6. The molecule has 0 atom stereocenters. The molecule has 0 saturated carbocycles. The van der Waals surface area contributed by atoms with Gasteiger partial charge in [-0.05, 0) is 36.4 Å². The molecule has 1 heterocycles. The van der Waals surface area contributed by atoms with Crippen molar-refractivity contribution >= 4 is 0 Å². The van der Waals surface area contributed by atoms with E-state index in [1.165, 1.54) is 37.3 Å². The molecule has 2 N–H and O–H groups in total. The predicted molar refractivity (Wildman–Crippen MR) is 101 cm³/mol. The number of quaternary nitrogens is 2. The second kappa shape index (κ2) is 8.92. The minimum Gasteiger partial charge on any atom is -0.497 e. The molecule has 1 fully saturated rings. The van der Waals surface area contributed by atoms with Gasteiger partial charge in [-0.15, -0.1) is 0 Å². The van der Waals surface area contributed by atoms with Gasteiger partial charge in [0.05, 0.1) is 26.9 Å². The second-order valence-electron chi connectivity index (χ2n) is 6.85. The van der Waals surface area contributed by atoms with E-state index < -0.39 is 0 Å². The number of rotatable bonds is 7. The summed E-state index contributed by atoms with van der Waals surface area (Å²) in [5, 5.41) is 0. The molecule has 0 radical (unpaired) electrons. The zero-order valence-electron chi connectivity index (χ0n) is 16.0. The molecule has 5 nitrogen and oxygen atoms in total. The van der Waals surface area contributed by atoms with Crippen molar-refractivity contribution in [3.8, 4) is 17.2 Å². The Morgan fingerprint density at radius 1 is 0.731 bits per heavy atom. The Bertz CT molecular complexity index is 695. The normalized spacial score (nSPS) is 19.8. The minimum atomic E-state index is 0.813. The number of ether oxygens (including phenoxy) is 3. The van der Waals surface area contributed by atoms with Crippen LogP contribution < -0.4 is 24.0 Å². The third-order valence-electron chi connectivity index (χ3n) is 5.20. The molecule has 26 heavy (non-hydrogen) atoms. The molecule has 3 rings (SSSR count). The lowest BCUT2D eigenvalue weighted by Crippen LogP contribution is -3.27. The summed E-state index contributed by atoms with van der Waals surface area (Å²) in [6.45, 7) is 6.79. The highest BCUT2D eigenvalue weighted by Crippen LogP contribution is 2.30. The lowest BCUT2D eigenvalue weighted by Gasteiger charge is -2.30.